The van der Waals surface area contributed by atoms with Crippen LogP contribution < -0.4 is 10.1 Å². The molecule has 1 N–H and O–H groups in total. The van der Waals surface area contributed by atoms with Gasteiger partial charge in [0.25, 0.3) is 5.91 Å². The number of rotatable bonds is 20. The summed E-state index contributed by atoms with van der Waals surface area (Å²) in [6.07, 6.45) is 30.7. The summed E-state index contributed by atoms with van der Waals surface area (Å²) in [5, 5.41) is 3.67. The molecule has 6 nitrogen and oxygen atoms in total. The molecular formula is C43H55ClN2O4. The molecule has 0 atom stereocenters. The molecule has 268 valence electrons. The molecule has 2 aromatic carbocycles. The normalized spacial score (nSPS) is 14.5. The summed E-state index contributed by atoms with van der Waals surface area (Å²) < 4.78 is 6.10. The predicted octanol–water partition coefficient (Wildman–Crippen LogP) is 10.0. The second-order valence-corrected chi connectivity index (χ2v) is 13.5. The standard InChI is InChI=1S/C43H55ClN2O4/c1-4-5-6-7-8-9-10-11-12-13-14-15-16-17-18-19-20-21-40(47)45-34-35-30-32-46(33-31-35)42(49)43(2,3)50-39-28-24-37(25-29-39)41(48)36-22-26-38(44)27-23-36/h5-6,8-9,11-12,14-15,17-18,22-29,35H,4,7,10,13,16,19-21,30-34H2,1-3H3,(H,45,47)/b6-5-,9-8-,12-11-,15-14-,18-17-. The van der Waals surface area contributed by atoms with Crippen molar-refractivity contribution in [2.45, 2.75) is 90.6 Å². The summed E-state index contributed by atoms with van der Waals surface area (Å²) in [5.41, 5.74) is 0.0237. The molecule has 2 aromatic rings. The zero-order valence-corrected chi connectivity index (χ0v) is 30.9. The van der Waals surface area contributed by atoms with E-state index in [1.807, 2.05) is 4.90 Å². The van der Waals surface area contributed by atoms with Crippen LogP contribution in [0.5, 0.6) is 5.75 Å². The summed E-state index contributed by atoms with van der Waals surface area (Å²) >= 11 is 5.94. The monoisotopic (exact) mass is 698 g/mol. The highest BCUT2D eigenvalue weighted by molar-refractivity contribution is 6.30. The quantitative estimate of drug-likeness (QED) is 0.0849. The number of nitrogens with one attached hydrogen (secondary N) is 1. The van der Waals surface area contributed by atoms with E-state index < -0.39 is 5.60 Å². The smallest absolute Gasteiger partial charge is 0.266 e. The molecule has 1 aliphatic heterocycles. The van der Waals surface area contributed by atoms with Gasteiger partial charge in [0.2, 0.25) is 5.91 Å². The third-order valence-electron chi connectivity index (χ3n) is 8.53. The Balaban J connectivity index is 1.25. The molecule has 1 fully saturated rings. The minimum absolute atomic E-state index is 0.0728. The molecule has 2 amide bonds. The number of piperidine rings is 1. The van der Waals surface area contributed by atoms with Crippen LogP contribution in [0.25, 0.3) is 0 Å². The highest BCUT2D eigenvalue weighted by Crippen LogP contribution is 2.25. The third-order valence-corrected chi connectivity index (χ3v) is 8.78. The van der Waals surface area contributed by atoms with Crippen LogP contribution in [0.4, 0.5) is 0 Å². The average molecular weight is 699 g/mol. The van der Waals surface area contributed by atoms with Gasteiger partial charge in [0.05, 0.1) is 0 Å². The van der Waals surface area contributed by atoms with E-state index in [0.717, 1.165) is 57.8 Å². The summed E-state index contributed by atoms with van der Waals surface area (Å²) in [4.78, 5) is 40.4. The molecule has 0 aliphatic carbocycles. The van der Waals surface area contributed by atoms with Gasteiger partial charge in [0.1, 0.15) is 5.75 Å². The number of carbonyl (C=O) groups is 3. The van der Waals surface area contributed by atoms with Crippen molar-refractivity contribution in [3.05, 3.63) is 125 Å². The van der Waals surface area contributed by atoms with Crippen molar-refractivity contribution < 1.29 is 19.1 Å². The first-order valence-corrected chi connectivity index (χ1v) is 18.5. The fraction of sp³-hybridized carbons (Fsp3) is 0.419. The predicted molar refractivity (Wildman–Crippen MR) is 207 cm³/mol. The zero-order chi connectivity index (χ0) is 36.0. The van der Waals surface area contributed by atoms with Crippen molar-refractivity contribution >= 4 is 29.2 Å². The van der Waals surface area contributed by atoms with Gasteiger partial charge < -0.3 is 15.0 Å². The molecule has 7 heteroatoms. The Hall–Kier alpha value is -4.16. The van der Waals surface area contributed by atoms with Crippen molar-refractivity contribution in [1.82, 2.24) is 10.2 Å². The number of unbranched alkanes of at least 4 members (excludes halogenated alkanes) is 1. The first kappa shape index (κ1) is 40.3. The van der Waals surface area contributed by atoms with Gasteiger partial charge in [-0.25, -0.2) is 0 Å². The number of hydrogen-bond acceptors (Lipinski definition) is 4. The highest BCUT2D eigenvalue weighted by atomic mass is 35.5. The minimum atomic E-state index is -1.06. The molecule has 0 radical (unpaired) electrons. The van der Waals surface area contributed by atoms with Crippen LogP contribution >= 0.6 is 11.6 Å². The van der Waals surface area contributed by atoms with Crippen LogP contribution in [0, 0.1) is 5.92 Å². The lowest BCUT2D eigenvalue weighted by molar-refractivity contribution is -0.147. The lowest BCUT2D eigenvalue weighted by atomic mass is 9.95. The van der Waals surface area contributed by atoms with Gasteiger partial charge in [-0.3, -0.25) is 14.4 Å². The van der Waals surface area contributed by atoms with Gasteiger partial charge in [-0.2, -0.15) is 0 Å². The summed E-state index contributed by atoms with van der Waals surface area (Å²) in [7, 11) is 0. The summed E-state index contributed by atoms with van der Waals surface area (Å²) in [6, 6.07) is 13.6. The van der Waals surface area contributed by atoms with Gasteiger partial charge in [-0.1, -0.05) is 79.3 Å². The van der Waals surface area contributed by atoms with Crippen molar-refractivity contribution in [3.63, 3.8) is 0 Å². The number of hydrogen-bond donors (Lipinski definition) is 1. The van der Waals surface area contributed by atoms with Gasteiger partial charge in [-0.05, 0) is 126 Å². The van der Waals surface area contributed by atoms with E-state index in [9.17, 15) is 14.4 Å². The van der Waals surface area contributed by atoms with Gasteiger partial charge in [0, 0.05) is 42.2 Å². The average Bonchev–Trinajstić information content (AvgIpc) is 3.12. The van der Waals surface area contributed by atoms with E-state index >= 15 is 0 Å². The molecular weight excluding hydrogens is 644 g/mol. The maximum absolute atomic E-state index is 13.4. The van der Waals surface area contributed by atoms with Crippen LogP contribution in [-0.2, 0) is 9.59 Å². The molecule has 0 aromatic heterocycles. The number of allylic oxidation sites excluding steroid dienone is 10. The number of likely N-dealkylation sites (tertiary alicyclic amines) is 1. The summed E-state index contributed by atoms with van der Waals surface area (Å²) in [5.74, 6) is 0.783. The molecule has 0 spiro atoms. The topological polar surface area (TPSA) is 75.7 Å². The number of amides is 2. The van der Waals surface area contributed by atoms with Gasteiger partial charge in [-0.15, -0.1) is 0 Å². The number of benzene rings is 2. The SMILES string of the molecule is CC/C=C\C/C=C\C/C=C\C/C=C\C/C=C\CCCC(=O)NCC1CCN(C(=O)C(C)(C)Oc2ccc(C(=O)c3ccc(Cl)cc3)cc2)CC1. The zero-order valence-electron chi connectivity index (χ0n) is 30.1. The van der Waals surface area contributed by atoms with Gasteiger partial charge in [0.15, 0.2) is 11.4 Å². The number of ketones is 1. The molecule has 1 saturated heterocycles. The van der Waals surface area contributed by atoms with Crippen molar-refractivity contribution in [2.75, 3.05) is 19.6 Å². The Bertz CT molecular complexity index is 1480. The Labute approximate surface area is 305 Å². The highest BCUT2D eigenvalue weighted by Gasteiger charge is 2.36. The molecule has 3 rings (SSSR count). The molecule has 50 heavy (non-hydrogen) atoms. The molecule has 0 unspecified atom stereocenters. The van der Waals surface area contributed by atoms with Gasteiger partial charge >= 0.3 is 0 Å². The van der Waals surface area contributed by atoms with E-state index in [4.69, 9.17) is 16.3 Å². The maximum atomic E-state index is 13.4. The Kier molecular flexibility index (Phi) is 18.2. The molecule has 1 aliphatic rings. The Morgan fingerprint density at radius 1 is 0.780 bits per heavy atom. The van der Waals surface area contributed by atoms with E-state index in [1.54, 1.807) is 62.4 Å². The van der Waals surface area contributed by atoms with E-state index in [2.05, 4.69) is 73.0 Å². The molecule has 0 bridgehead atoms. The number of halogens is 1. The van der Waals surface area contributed by atoms with Crippen LogP contribution in [0.3, 0.4) is 0 Å². The molecule has 0 saturated carbocycles. The number of carbonyl (C=O) groups excluding carboxylic acids is 3. The first-order chi connectivity index (χ1) is 24.2. The fourth-order valence-corrected chi connectivity index (χ4v) is 5.72. The lowest BCUT2D eigenvalue weighted by Crippen LogP contribution is -2.52. The van der Waals surface area contributed by atoms with Crippen molar-refractivity contribution in [2.24, 2.45) is 5.92 Å². The van der Waals surface area contributed by atoms with Crippen LogP contribution in [-0.4, -0.2) is 47.7 Å². The van der Waals surface area contributed by atoms with E-state index in [0.29, 0.717) is 53.9 Å². The third kappa shape index (κ3) is 15.2. The summed E-state index contributed by atoms with van der Waals surface area (Å²) in [6.45, 7) is 7.59. The first-order valence-electron chi connectivity index (χ1n) is 18.1. The Morgan fingerprint density at radius 3 is 1.82 bits per heavy atom. The maximum Gasteiger partial charge on any atom is 0.266 e. The largest absolute Gasteiger partial charge is 0.478 e. The lowest BCUT2D eigenvalue weighted by Gasteiger charge is -2.37. The molecule has 1 heterocycles. The minimum Gasteiger partial charge on any atom is -0.478 e. The Morgan fingerprint density at radius 2 is 1.28 bits per heavy atom. The van der Waals surface area contributed by atoms with Crippen LogP contribution in [0.1, 0.15) is 101 Å². The second-order valence-electron chi connectivity index (χ2n) is 13.1. The van der Waals surface area contributed by atoms with Crippen molar-refractivity contribution in [1.29, 1.82) is 0 Å². The fourth-order valence-electron chi connectivity index (χ4n) is 5.60. The van der Waals surface area contributed by atoms with Crippen LogP contribution in [0.2, 0.25) is 5.02 Å². The van der Waals surface area contributed by atoms with E-state index in [1.165, 1.54) is 0 Å². The number of ether oxygens (including phenoxy) is 1. The van der Waals surface area contributed by atoms with Crippen LogP contribution in [0.15, 0.2) is 109 Å². The van der Waals surface area contributed by atoms with Crippen molar-refractivity contribution in [3.8, 4) is 5.75 Å². The van der Waals surface area contributed by atoms with E-state index in [-0.39, 0.29) is 17.6 Å². The number of nitrogens with zero attached hydrogens (tertiary/aromatic N) is 1. The second kappa shape index (κ2) is 22.5.